The lowest BCUT2D eigenvalue weighted by molar-refractivity contribution is 0.0394. The van der Waals surface area contributed by atoms with E-state index in [1.165, 1.54) is 0 Å². The molecule has 0 unspecified atom stereocenters. The van der Waals surface area contributed by atoms with Crippen LogP contribution in [0.3, 0.4) is 0 Å². The average Bonchev–Trinajstić information content (AvgIpc) is 3.31. The van der Waals surface area contributed by atoms with Gasteiger partial charge in [0.2, 0.25) is 0 Å². The predicted molar refractivity (Wildman–Crippen MR) is 77.1 cm³/mol. The standard InChI is InChI=1S/C14H22N4O2/c19-14-13(16-7-9-18(14)11-1-2-11)17-8-10-20-12-3-5-15-6-4-12/h7,9,11-12,15H,1-6,8,10H2,(H,16,17). The van der Waals surface area contributed by atoms with Crippen LogP contribution < -0.4 is 16.2 Å². The summed E-state index contributed by atoms with van der Waals surface area (Å²) >= 11 is 0. The number of nitrogens with zero attached hydrogens (tertiary/aromatic N) is 2. The van der Waals surface area contributed by atoms with E-state index < -0.39 is 0 Å². The molecule has 6 heteroatoms. The first-order valence-electron chi connectivity index (χ1n) is 7.48. The first-order chi connectivity index (χ1) is 9.84. The van der Waals surface area contributed by atoms with Crippen molar-refractivity contribution < 1.29 is 4.74 Å². The zero-order valence-corrected chi connectivity index (χ0v) is 11.7. The molecular weight excluding hydrogens is 256 g/mol. The minimum absolute atomic E-state index is 0.0168. The minimum Gasteiger partial charge on any atom is -0.376 e. The van der Waals surface area contributed by atoms with Gasteiger partial charge in [0.15, 0.2) is 5.82 Å². The van der Waals surface area contributed by atoms with E-state index in [0.29, 0.717) is 31.1 Å². The molecule has 6 nitrogen and oxygen atoms in total. The fraction of sp³-hybridized carbons (Fsp3) is 0.714. The highest BCUT2D eigenvalue weighted by Gasteiger charge is 2.25. The van der Waals surface area contributed by atoms with Gasteiger partial charge in [-0.05, 0) is 38.8 Å². The van der Waals surface area contributed by atoms with Crippen LogP contribution in [-0.2, 0) is 4.74 Å². The Bertz CT molecular complexity index is 492. The van der Waals surface area contributed by atoms with Gasteiger partial charge in [0.05, 0.1) is 12.7 Å². The summed E-state index contributed by atoms with van der Waals surface area (Å²) in [7, 11) is 0. The predicted octanol–water partition coefficient (Wildman–Crippen LogP) is 0.759. The number of hydrogen-bond donors (Lipinski definition) is 2. The maximum atomic E-state index is 12.1. The average molecular weight is 278 g/mol. The molecule has 20 heavy (non-hydrogen) atoms. The molecule has 0 spiro atoms. The Labute approximate surface area is 118 Å². The van der Waals surface area contributed by atoms with Gasteiger partial charge in [-0.3, -0.25) is 4.79 Å². The van der Waals surface area contributed by atoms with Crippen molar-refractivity contribution in [2.45, 2.75) is 37.8 Å². The summed E-state index contributed by atoms with van der Waals surface area (Å²) in [6.45, 7) is 3.31. The molecule has 2 fully saturated rings. The first-order valence-corrected chi connectivity index (χ1v) is 7.48. The summed E-state index contributed by atoms with van der Waals surface area (Å²) < 4.78 is 7.58. The molecule has 1 aliphatic heterocycles. The van der Waals surface area contributed by atoms with Crippen molar-refractivity contribution >= 4 is 5.82 Å². The van der Waals surface area contributed by atoms with Gasteiger partial charge in [-0.15, -0.1) is 0 Å². The Hall–Kier alpha value is -1.40. The van der Waals surface area contributed by atoms with Crippen LogP contribution in [-0.4, -0.2) is 41.9 Å². The fourth-order valence-electron chi connectivity index (χ4n) is 2.54. The summed E-state index contributed by atoms with van der Waals surface area (Å²) in [5, 5.41) is 6.40. The quantitative estimate of drug-likeness (QED) is 0.752. The van der Waals surface area contributed by atoms with E-state index in [2.05, 4.69) is 15.6 Å². The summed E-state index contributed by atoms with van der Waals surface area (Å²) in [6, 6.07) is 0.386. The highest BCUT2D eigenvalue weighted by atomic mass is 16.5. The van der Waals surface area contributed by atoms with E-state index in [1.54, 1.807) is 17.0 Å². The number of hydrogen-bond acceptors (Lipinski definition) is 5. The van der Waals surface area contributed by atoms with Crippen molar-refractivity contribution in [3.63, 3.8) is 0 Å². The lowest BCUT2D eigenvalue weighted by Crippen LogP contribution is -2.33. The summed E-state index contributed by atoms with van der Waals surface area (Å²) in [4.78, 5) is 16.3. The van der Waals surface area contributed by atoms with Gasteiger partial charge in [-0.25, -0.2) is 4.98 Å². The third kappa shape index (κ3) is 3.37. The fourth-order valence-corrected chi connectivity index (χ4v) is 2.54. The van der Waals surface area contributed by atoms with Crippen LogP contribution in [0.5, 0.6) is 0 Å². The molecule has 2 N–H and O–H groups in total. The van der Waals surface area contributed by atoms with Gasteiger partial charge in [0.1, 0.15) is 0 Å². The minimum atomic E-state index is -0.0168. The topological polar surface area (TPSA) is 68.2 Å². The maximum Gasteiger partial charge on any atom is 0.293 e. The Kier molecular flexibility index (Phi) is 4.32. The van der Waals surface area contributed by atoms with Crippen molar-refractivity contribution in [3.8, 4) is 0 Å². The van der Waals surface area contributed by atoms with Gasteiger partial charge in [0, 0.05) is 25.0 Å². The number of aromatic nitrogens is 2. The molecule has 0 bridgehead atoms. The molecule has 2 heterocycles. The molecule has 0 radical (unpaired) electrons. The van der Waals surface area contributed by atoms with Gasteiger partial charge < -0.3 is 19.9 Å². The molecule has 0 amide bonds. The number of nitrogens with one attached hydrogen (secondary N) is 2. The van der Waals surface area contributed by atoms with Crippen LogP contribution in [0.2, 0.25) is 0 Å². The number of ether oxygens (including phenoxy) is 1. The molecule has 2 aliphatic rings. The highest BCUT2D eigenvalue weighted by molar-refractivity contribution is 5.31. The van der Waals surface area contributed by atoms with Crippen LogP contribution in [0, 0.1) is 0 Å². The molecule has 1 saturated carbocycles. The van der Waals surface area contributed by atoms with E-state index in [1.807, 2.05) is 0 Å². The van der Waals surface area contributed by atoms with Gasteiger partial charge in [-0.1, -0.05) is 0 Å². The second-order valence-electron chi connectivity index (χ2n) is 5.47. The first kappa shape index (κ1) is 13.6. The van der Waals surface area contributed by atoms with Crippen molar-refractivity contribution in [3.05, 3.63) is 22.7 Å². The number of piperidine rings is 1. The molecule has 1 aliphatic carbocycles. The van der Waals surface area contributed by atoms with Crippen LogP contribution in [0.1, 0.15) is 31.7 Å². The third-order valence-corrected chi connectivity index (χ3v) is 3.84. The van der Waals surface area contributed by atoms with Crippen LogP contribution >= 0.6 is 0 Å². The highest BCUT2D eigenvalue weighted by Crippen LogP contribution is 2.33. The van der Waals surface area contributed by atoms with Crippen LogP contribution in [0.4, 0.5) is 5.82 Å². The van der Waals surface area contributed by atoms with Crippen molar-refractivity contribution in [2.24, 2.45) is 0 Å². The van der Waals surface area contributed by atoms with Crippen LogP contribution in [0.15, 0.2) is 17.2 Å². The zero-order valence-electron chi connectivity index (χ0n) is 11.7. The molecule has 0 aromatic carbocycles. The second-order valence-corrected chi connectivity index (χ2v) is 5.47. The van der Waals surface area contributed by atoms with Gasteiger partial charge in [-0.2, -0.15) is 0 Å². The molecule has 110 valence electrons. The zero-order chi connectivity index (χ0) is 13.8. The molecule has 1 aromatic heterocycles. The summed E-state index contributed by atoms with van der Waals surface area (Å²) in [5.41, 5.74) is -0.0168. The van der Waals surface area contributed by atoms with E-state index in [0.717, 1.165) is 38.8 Å². The molecule has 3 rings (SSSR count). The smallest absolute Gasteiger partial charge is 0.293 e. The monoisotopic (exact) mass is 278 g/mol. The second kappa shape index (κ2) is 6.37. The molecule has 1 saturated heterocycles. The van der Waals surface area contributed by atoms with Crippen molar-refractivity contribution in [1.29, 1.82) is 0 Å². The lowest BCUT2D eigenvalue weighted by atomic mass is 10.1. The molecule has 0 atom stereocenters. The maximum absolute atomic E-state index is 12.1. The number of rotatable bonds is 6. The van der Waals surface area contributed by atoms with Crippen LogP contribution in [0.25, 0.3) is 0 Å². The van der Waals surface area contributed by atoms with Crippen molar-refractivity contribution in [1.82, 2.24) is 14.9 Å². The Morgan fingerprint density at radius 1 is 1.35 bits per heavy atom. The summed E-state index contributed by atoms with van der Waals surface area (Å²) in [5.74, 6) is 0.438. The molecular formula is C14H22N4O2. The Morgan fingerprint density at radius 3 is 2.90 bits per heavy atom. The number of anilines is 1. The van der Waals surface area contributed by atoms with Gasteiger partial charge in [0.25, 0.3) is 5.56 Å². The SMILES string of the molecule is O=c1c(NCCOC2CCNCC2)nccn1C1CC1. The lowest BCUT2D eigenvalue weighted by Gasteiger charge is -2.22. The molecule has 1 aromatic rings. The summed E-state index contributed by atoms with van der Waals surface area (Å²) in [6.07, 6.45) is 8.15. The van der Waals surface area contributed by atoms with E-state index >= 15 is 0 Å². The Morgan fingerprint density at radius 2 is 2.15 bits per heavy atom. The van der Waals surface area contributed by atoms with Crippen molar-refractivity contribution in [2.75, 3.05) is 31.6 Å². The van der Waals surface area contributed by atoms with E-state index in [-0.39, 0.29) is 5.56 Å². The van der Waals surface area contributed by atoms with E-state index in [4.69, 9.17) is 4.74 Å². The largest absolute Gasteiger partial charge is 0.376 e. The van der Waals surface area contributed by atoms with Gasteiger partial charge >= 0.3 is 0 Å². The normalized spacial score (nSPS) is 20.0. The van der Waals surface area contributed by atoms with E-state index in [9.17, 15) is 4.79 Å². The Balaban J connectivity index is 1.46. The third-order valence-electron chi connectivity index (χ3n) is 3.84.